The molecule has 4 aromatic rings. The Morgan fingerprint density at radius 2 is 1.53 bits per heavy atom. The van der Waals surface area contributed by atoms with Crippen molar-refractivity contribution in [2.45, 2.75) is 17.9 Å². The van der Waals surface area contributed by atoms with Crippen molar-refractivity contribution in [1.82, 2.24) is 4.72 Å². The van der Waals surface area contributed by atoms with Crippen molar-refractivity contribution in [2.75, 3.05) is 0 Å². The van der Waals surface area contributed by atoms with Gasteiger partial charge in [-0.3, -0.25) is 0 Å². The third kappa shape index (κ3) is 4.05. The van der Waals surface area contributed by atoms with Crippen LogP contribution in [0.25, 0.3) is 10.8 Å². The van der Waals surface area contributed by atoms with Gasteiger partial charge in [0.15, 0.2) is 0 Å². The third-order valence-electron chi connectivity index (χ3n) is 5.04. The highest BCUT2D eigenvalue weighted by Crippen LogP contribution is 2.37. The van der Waals surface area contributed by atoms with E-state index in [1.807, 2.05) is 37.3 Å². The first-order chi connectivity index (χ1) is 14.3. The highest BCUT2D eigenvalue weighted by atomic mass is 35.5. The molecule has 0 heterocycles. The highest BCUT2D eigenvalue weighted by Gasteiger charge is 2.26. The number of aryl methyl sites for hydroxylation is 1. The van der Waals surface area contributed by atoms with Gasteiger partial charge in [0.25, 0.3) is 0 Å². The van der Waals surface area contributed by atoms with E-state index in [4.69, 9.17) is 11.6 Å². The Morgan fingerprint density at radius 1 is 0.867 bits per heavy atom. The molecule has 152 valence electrons. The Morgan fingerprint density at radius 3 is 2.23 bits per heavy atom. The number of fused-ring (bicyclic) bond motifs is 1. The number of halogens is 1. The minimum atomic E-state index is -3.86. The molecule has 0 saturated carbocycles. The maximum atomic E-state index is 13.2. The number of rotatable bonds is 5. The molecule has 0 spiro atoms. The summed E-state index contributed by atoms with van der Waals surface area (Å²) in [7, 11) is -3.86. The lowest BCUT2D eigenvalue weighted by molar-refractivity contribution is 0.464. The number of phenolic OH excluding ortho intramolecular Hbond substituents is 1. The number of hydrogen-bond acceptors (Lipinski definition) is 3. The molecule has 6 heteroatoms. The van der Waals surface area contributed by atoms with Gasteiger partial charge in [0.05, 0.1) is 10.9 Å². The van der Waals surface area contributed by atoms with Crippen molar-refractivity contribution in [3.05, 3.63) is 107 Å². The molecular formula is C24H20ClNO3S. The number of nitrogens with one attached hydrogen (secondary N) is 1. The number of phenols is 1. The van der Waals surface area contributed by atoms with Gasteiger partial charge < -0.3 is 5.11 Å². The average molecular weight is 438 g/mol. The smallest absolute Gasteiger partial charge is 0.241 e. The zero-order valence-electron chi connectivity index (χ0n) is 16.2. The number of benzene rings is 4. The van der Waals surface area contributed by atoms with Gasteiger partial charge >= 0.3 is 0 Å². The van der Waals surface area contributed by atoms with Crippen LogP contribution in [-0.2, 0) is 10.0 Å². The summed E-state index contributed by atoms with van der Waals surface area (Å²) in [5.41, 5.74) is 2.13. The maximum Gasteiger partial charge on any atom is 0.241 e. The van der Waals surface area contributed by atoms with E-state index < -0.39 is 16.1 Å². The number of sulfonamides is 1. The van der Waals surface area contributed by atoms with Gasteiger partial charge in [-0.1, -0.05) is 71.8 Å². The minimum Gasteiger partial charge on any atom is -0.508 e. The van der Waals surface area contributed by atoms with Crippen molar-refractivity contribution in [2.24, 2.45) is 0 Å². The van der Waals surface area contributed by atoms with Crippen LogP contribution in [0.1, 0.15) is 22.7 Å². The summed E-state index contributed by atoms with van der Waals surface area (Å²) in [5, 5.41) is 12.9. The van der Waals surface area contributed by atoms with Gasteiger partial charge in [-0.15, -0.1) is 0 Å². The van der Waals surface area contributed by atoms with Crippen LogP contribution in [-0.4, -0.2) is 13.5 Å². The van der Waals surface area contributed by atoms with Gasteiger partial charge in [-0.05, 0) is 53.6 Å². The normalized spacial score (nSPS) is 12.7. The molecule has 30 heavy (non-hydrogen) atoms. The quantitative estimate of drug-likeness (QED) is 0.428. The molecule has 0 radical (unpaired) electrons. The fourth-order valence-corrected chi connectivity index (χ4v) is 4.80. The van der Waals surface area contributed by atoms with Crippen molar-refractivity contribution >= 4 is 32.4 Å². The summed E-state index contributed by atoms with van der Waals surface area (Å²) >= 11 is 6.04. The van der Waals surface area contributed by atoms with Crippen LogP contribution in [0.4, 0.5) is 0 Å². The molecule has 0 aliphatic rings. The van der Waals surface area contributed by atoms with Gasteiger partial charge in [0.2, 0.25) is 10.0 Å². The zero-order valence-corrected chi connectivity index (χ0v) is 17.8. The molecule has 4 aromatic carbocycles. The average Bonchev–Trinajstić information content (AvgIpc) is 2.73. The van der Waals surface area contributed by atoms with E-state index in [1.54, 1.807) is 54.6 Å². The molecule has 0 bridgehead atoms. The van der Waals surface area contributed by atoms with E-state index in [-0.39, 0.29) is 10.6 Å². The first kappa shape index (κ1) is 20.4. The second-order valence-electron chi connectivity index (χ2n) is 7.14. The van der Waals surface area contributed by atoms with Gasteiger partial charge in [-0.2, -0.15) is 4.72 Å². The fraction of sp³-hybridized carbons (Fsp3) is 0.0833. The van der Waals surface area contributed by atoms with E-state index in [9.17, 15) is 13.5 Å². The van der Waals surface area contributed by atoms with Gasteiger partial charge in [0, 0.05) is 10.6 Å². The molecule has 4 rings (SSSR count). The topological polar surface area (TPSA) is 66.4 Å². The molecule has 4 nitrogen and oxygen atoms in total. The fourth-order valence-electron chi connectivity index (χ4n) is 3.48. The predicted octanol–water partition coefficient (Wildman–Crippen LogP) is 5.58. The minimum absolute atomic E-state index is 0.0141. The molecule has 2 N–H and O–H groups in total. The molecule has 0 aliphatic heterocycles. The van der Waals surface area contributed by atoms with Crippen LogP contribution < -0.4 is 4.72 Å². The number of hydrogen-bond donors (Lipinski definition) is 2. The Labute approximate surface area is 180 Å². The summed E-state index contributed by atoms with van der Waals surface area (Å²) in [6, 6.07) is 23.7. The number of aromatic hydroxyl groups is 1. The Hall–Kier alpha value is -2.86. The summed E-state index contributed by atoms with van der Waals surface area (Å²) in [6.45, 7) is 1.90. The second kappa shape index (κ2) is 8.11. The molecule has 0 amide bonds. The van der Waals surface area contributed by atoms with Crippen molar-refractivity contribution in [3.8, 4) is 5.75 Å². The van der Waals surface area contributed by atoms with Gasteiger partial charge in [0.1, 0.15) is 5.75 Å². The zero-order chi connectivity index (χ0) is 21.3. The van der Waals surface area contributed by atoms with Crippen LogP contribution in [0.15, 0.2) is 89.8 Å². The van der Waals surface area contributed by atoms with Crippen LogP contribution in [0.3, 0.4) is 0 Å². The van der Waals surface area contributed by atoms with E-state index in [0.717, 1.165) is 16.3 Å². The van der Waals surface area contributed by atoms with E-state index in [0.29, 0.717) is 16.1 Å². The summed E-state index contributed by atoms with van der Waals surface area (Å²) in [4.78, 5) is 0.159. The lowest BCUT2D eigenvalue weighted by Gasteiger charge is -2.23. The van der Waals surface area contributed by atoms with E-state index in [2.05, 4.69) is 4.72 Å². The summed E-state index contributed by atoms with van der Waals surface area (Å²) < 4.78 is 29.2. The molecule has 0 aliphatic carbocycles. The maximum absolute atomic E-state index is 13.2. The molecule has 0 aromatic heterocycles. The molecule has 0 fully saturated rings. The van der Waals surface area contributed by atoms with Crippen molar-refractivity contribution < 1.29 is 13.5 Å². The Balaban J connectivity index is 1.89. The largest absolute Gasteiger partial charge is 0.508 e. The lowest BCUT2D eigenvalue weighted by Crippen LogP contribution is -2.29. The summed E-state index contributed by atoms with van der Waals surface area (Å²) in [6.07, 6.45) is 0. The first-order valence-electron chi connectivity index (χ1n) is 9.40. The van der Waals surface area contributed by atoms with Crippen LogP contribution >= 0.6 is 11.6 Å². The SMILES string of the molecule is Cc1ccc(S(=O)(=O)NC(c2ccc(Cl)cc2)c2c(O)ccc3ccccc23)cc1. The molecule has 1 unspecified atom stereocenters. The lowest BCUT2D eigenvalue weighted by atomic mass is 9.93. The van der Waals surface area contributed by atoms with Crippen LogP contribution in [0.2, 0.25) is 5.02 Å². The van der Waals surface area contributed by atoms with Crippen LogP contribution in [0, 0.1) is 6.92 Å². The van der Waals surface area contributed by atoms with Crippen LogP contribution in [0.5, 0.6) is 5.75 Å². The summed E-state index contributed by atoms with van der Waals surface area (Å²) in [5.74, 6) is 0.0141. The van der Waals surface area contributed by atoms with E-state index >= 15 is 0 Å². The standard InChI is InChI=1S/C24H20ClNO3S/c1-16-6-13-20(14-7-16)30(28,29)26-24(18-8-11-19(25)12-9-18)23-21-5-3-2-4-17(21)10-15-22(23)27/h2-15,24,26-27H,1H3. The molecule has 0 saturated heterocycles. The van der Waals surface area contributed by atoms with Gasteiger partial charge in [-0.25, -0.2) is 8.42 Å². The second-order valence-corrected chi connectivity index (χ2v) is 9.29. The monoisotopic (exact) mass is 437 g/mol. The Bertz CT molecular complexity index is 1300. The first-order valence-corrected chi connectivity index (χ1v) is 11.3. The van der Waals surface area contributed by atoms with Crippen molar-refractivity contribution in [1.29, 1.82) is 0 Å². The molecule has 1 atom stereocenters. The third-order valence-corrected chi connectivity index (χ3v) is 6.73. The van der Waals surface area contributed by atoms with E-state index in [1.165, 1.54) is 0 Å². The predicted molar refractivity (Wildman–Crippen MR) is 120 cm³/mol. The Kier molecular flexibility index (Phi) is 5.52. The molecular weight excluding hydrogens is 418 g/mol. The highest BCUT2D eigenvalue weighted by molar-refractivity contribution is 7.89. The van der Waals surface area contributed by atoms with Crippen molar-refractivity contribution in [3.63, 3.8) is 0 Å².